The number of ether oxygens (including phenoxy) is 2. The van der Waals surface area contributed by atoms with Crippen LogP contribution >= 0.6 is 15.9 Å². The second-order valence-electron chi connectivity index (χ2n) is 3.93. The largest absolute Gasteiger partial charge is 0.465 e. The van der Waals surface area contributed by atoms with Gasteiger partial charge in [0.05, 0.1) is 13.2 Å². The van der Waals surface area contributed by atoms with E-state index in [1.165, 1.54) is 6.07 Å². The quantitative estimate of drug-likeness (QED) is 0.442. The maximum atomic E-state index is 13.3. The van der Waals surface area contributed by atoms with Crippen molar-refractivity contribution in [1.82, 2.24) is 0 Å². The van der Waals surface area contributed by atoms with Crippen LogP contribution in [0.2, 0.25) is 0 Å². The predicted octanol–water partition coefficient (Wildman–Crippen LogP) is 2.51. The summed E-state index contributed by atoms with van der Waals surface area (Å²) in [4.78, 5) is 36.0. The number of benzene rings is 1. The molecule has 0 spiro atoms. The van der Waals surface area contributed by atoms with Gasteiger partial charge in [0.25, 0.3) is 0 Å². The molecule has 0 saturated carbocycles. The lowest BCUT2D eigenvalue weighted by molar-refractivity contribution is -0.158. The molecule has 0 aliphatic carbocycles. The topological polar surface area (TPSA) is 69.7 Å². The minimum atomic E-state index is -1.76. The van der Waals surface area contributed by atoms with Crippen molar-refractivity contribution in [2.45, 2.75) is 13.8 Å². The van der Waals surface area contributed by atoms with Gasteiger partial charge in [-0.3, -0.25) is 14.4 Å². The monoisotopic (exact) mass is 360 g/mol. The Morgan fingerprint density at radius 3 is 2.14 bits per heavy atom. The number of hydrogen-bond acceptors (Lipinski definition) is 5. The Bertz CT molecular complexity index is 540. The van der Waals surface area contributed by atoms with Crippen LogP contribution in [-0.4, -0.2) is 30.9 Å². The van der Waals surface area contributed by atoms with Crippen LogP contribution in [0, 0.1) is 11.7 Å². The van der Waals surface area contributed by atoms with Crippen LogP contribution in [0.4, 0.5) is 4.39 Å². The standard InChI is InChI=1S/C14H14BrFO5/c1-3-20-13(18)11(14(19)21-4-2)12(17)9-7-8(16)5-6-10(9)15/h5-7,11H,3-4H2,1-2H3. The average Bonchev–Trinajstić information content (AvgIpc) is 2.42. The van der Waals surface area contributed by atoms with Gasteiger partial charge < -0.3 is 9.47 Å². The van der Waals surface area contributed by atoms with Gasteiger partial charge in [0, 0.05) is 10.0 Å². The molecule has 21 heavy (non-hydrogen) atoms. The third-order valence-electron chi connectivity index (χ3n) is 2.50. The molecule has 1 aromatic rings. The number of hydrogen-bond donors (Lipinski definition) is 0. The van der Waals surface area contributed by atoms with E-state index in [2.05, 4.69) is 15.9 Å². The summed E-state index contributed by atoms with van der Waals surface area (Å²) in [5, 5.41) is 0. The molecule has 0 aliphatic heterocycles. The van der Waals surface area contributed by atoms with Crippen LogP contribution in [0.3, 0.4) is 0 Å². The maximum absolute atomic E-state index is 13.3. The highest BCUT2D eigenvalue weighted by molar-refractivity contribution is 9.10. The molecule has 0 aliphatic rings. The first-order valence-electron chi connectivity index (χ1n) is 6.24. The predicted molar refractivity (Wildman–Crippen MR) is 75.2 cm³/mol. The van der Waals surface area contributed by atoms with Crippen molar-refractivity contribution < 1.29 is 28.2 Å². The Morgan fingerprint density at radius 1 is 1.14 bits per heavy atom. The Morgan fingerprint density at radius 2 is 1.67 bits per heavy atom. The number of carbonyl (C=O) groups is 3. The summed E-state index contributed by atoms with van der Waals surface area (Å²) in [7, 11) is 0. The van der Waals surface area contributed by atoms with E-state index in [1.807, 2.05) is 0 Å². The molecule has 0 heterocycles. The van der Waals surface area contributed by atoms with Crippen LogP contribution in [-0.2, 0) is 19.1 Å². The molecular formula is C14H14BrFO5. The highest BCUT2D eigenvalue weighted by Crippen LogP contribution is 2.22. The summed E-state index contributed by atoms with van der Waals surface area (Å²) in [6.45, 7) is 3.10. The number of Topliss-reactive ketones (excluding diaryl/α,β-unsaturated/α-hetero) is 1. The molecule has 5 nitrogen and oxygen atoms in total. The third-order valence-corrected chi connectivity index (χ3v) is 3.19. The van der Waals surface area contributed by atoms with E-state index in [0.29, 0.717) is 0 Å². The zero-order chi connectivity index (χ0) is 16.0. The molecule has 0 radical (unpaired) electrons. The normalized spacial score (nSPS) is 10.3. The second kappa shape index (κ2) is 7.87. The molecule has 0 unspecified atom stereocenters. The number of esters is 2. The summed E-state index contributed by atoms with van der Waals surface area (Å²) in [6.07, 6.45) is 0. The van der Waals surface area contributed by atoms with Gasteiger partial charge in [-0.2, -0.15) is 0 Å². The molecule has 0 saturated heterocycles. The van der Waals surface area contributed by atoms with Gasteiger partial charge in [-0.1, -0.05) is 15.9 Å². The molecule has 0 fully saturated rings. The summed E-state index contributed by atoms with van der Waals surface area (Å²) >= 11 is 3.08. The lowest BCUT2D eigenvalue weighted by Crippen LogP contribution is -2.35. The van der Waals surface area contributed by atoms with E-state index in [4.69, 9.17) is 9.47 Å². The van der Waals surface area contributed by atoms with Gasteiger partial charge in [-0.15, -0.1) is 0 Å². The average molecular weight is 361 g/mol. The van der Waals surface area contributed by atoms with E-state index in [1.54, 1.807) is 13.8 Å². The molecule has 1 rings (SSSR count). The van der Waals surface area contributed by atoms with Crippen LogP contribution in [0.5, 0.6) is 0 Å². The van der Waals surface area contributed by atoms with Gasteiger partial charge in [-0.05, 0) is 32.0 Å². The number of rotatable bonds is 6. The Kier molecular flexibility index (Phi) is 6.48. The van der Waals surface area contributed by atoms with E-state index in [-0.39, 0.29) is 23.2 Å². The number of halogens is 2. The summed E-state index contributed by atoms with van der Waals surface area (Å²) in [6, 6.07) is 3.40. The first kappa shape index (κ1) is 17.3. The molecule has 0 amide bonds. The van der Waals surface area contributed by atoms with Crippen LogP contribution in [0.1, 0.15) is 24.2 Å². The van der Waals surface area contributed by atoms with E-state index < -0.39 is 29.5 Å². The maximum Gasteiger partial charge on any atom is 0.328 e. The van der Waals surface area contributed by atoms with Gasteiger partial charge in [-0.25, -0.2) is 4.39 Å². The highest BCUT2D eigenvalue weighted by Gasteiger charge is 2.38. The molecule has 7 heteroatoms. The summed E-state index contributed by atoms with van der Waals surface area (Å²) < 4.78 is 23.0. The van der Waals surface area contributed by atoms with E-state index in [0.717, 1.165) is 12.1 Å². The Labute approximate surface area is 129 Å². The van der Waals surface area contributed by atoms with Crippen LogP contribution in [0.15, 0.2) is 22.7 Å². The first-order valence-corrected chi connectivity index (χ1v) is 7.04. The van der Waals surface area contributed by atoms with Crippen molar-refractivity contribution in [3.05, 3.63) is 34.1 Å². The summed E-state index contributed by atoms with van der Waals surface area (Å²) in [5.41, 5.74) is -0.124. The minimum absolute atomic E-state index is 0.00629. The van der Waals surface area contributed by atoms with Gasteiger partial charge in [0.2, 0.25) is 5.92 Å². The van der Waals surface area contributed by atoms with Crippen molar-refractivity contribution in [3.63, 3.8) is 0 Å². The Balaban J connectivity index is 3.18. The molecule has 0 N–H and O–H groups in total. The molecule has 0 atom stereocenters. The smallest absolute Gasteiger partial charge is 0.328 e. The van der Waals surface area contributed by atoms with Crippen molar-refractivity contribution in [3.8, 4) is 0 Å². The van der Waals surface area contributed by atoms with E-state index >= 15 is 0 Å². The fraction of sp³-hybridized carbons (Fsp3) is 0.357. The zero-order valence-corrected chi connectivity index (χ0v) is 13.1. The van der Waals surface area contributed by atoms with Crippen molar-refractivity contribution >= 4 is 33.7 Å². The van der Waals surface area contributed by atoms with Crippen LogP contribution in [0.25, 0.3) is 0 Å². The first-order chi connectivity index (χ1) is 9.92. The minimum Gasteiger partial charge on any atom is -0.465 e. The highest BCUT2D eigenvalue weighted by atomic mass is 79.9. The van der Waals surface area contributed by atoms with Gasteiger partial charge >= 0.3 is 11.9 Å². The zero-order valence-electron chi connectivity index (χ0n) is 11.5. The second-order valence-corrected chi connectivity index (χ2v) is 4.78. The summed E-state index contributed by atoms with van der Waals surface area (Å²) in [5.74, 6) is -5.33. The van der Waals surface area contributed by atoms with Crippen molar-refractivity contribution in [2.75, 3.05) is 13.2 Å². The van der Waals surface area contributed by atoms with Gasteiger partial charge in [0.15, 0.2) is 5.78 Å². The molecule has 1 aromatic carbocycles. The number of ketones is 1. The lowest BCUT2D eigenvalue weighted by atomic mass is 9.97. The molecular weight excluding hydrogens is 347 g/mol. The van der Waals surface area contributed by atoms with E-state index in [9.17, 15) is 18.8 Å². The SMILES string of the molecule is CCOC(=O)C(C(=O)OCC)C(=O)c1cc(F)ccc1Br. The van der Waals surface area contributed by atoms with Gasteiger partial charge in [0.1, 0.15) is 5.82 Å². The Hall–Kier alpha value is -1.76. The number of carbonyl (C=O) groups excluding carboxylic acids is 3. The molecule has 0 bridgehead atoms. The molecule has 0 aromatic heterocycles. The van der Waals surface area contributed by atoms with Crippen LogP contribution < -0.4 is 0 Å². The fourth-order valence-corrected chi connectivity index (χ4v) is 2.05. The van der Waals surface area contributed by atoms with Crippen molar-refractivity contribution in [2.24, 2.45) is 5.92 Å². The third kappa shape index (κ3) is 4.35. The van der Waals surface area contributed by atoms with Crippen molar-refractivity contribution in [1.29, 1.82) is 0 Å². The molecule has 114 valence electrons. The fourth-order valence-electron chi connectivity index (χ4n) is 1.60. The lowest BCUT2D eigenvalue weighted by Gasteiger charge is -2.14.